The molecule has 1 aliphatic rings. The van der Waals surface area contributed by atoms with Crippen LogP contribution in [0.4, 0.5) is 0 Å². The number of amidine groups is 1. The molecule has 1 unspecified atom stereocenters. The average Bonchev–Trinajstić information content (AvgIpc) is 2.02. The van der Waals surface area contributed by atoms with Crippen molar-refractivity contribution < 1.29 is 0 Å². The number of nitrogens with two attached hydrogens (primary N) is 1. The summed E-state index contributed by atoms with van der Waals surface area (Å²) >= 11 is 0. The molecule has 0 aromatic heterocycles. The number of rotatable bonds is 2. The van der Waals surface area contributed by atoms with E-state index in [0.717, 1.165) is 5.84 Å². The zero-order valence-corrected chi connectivity index (χ0v) is 9.76. The molecule has 0 saturated heterocycles. The molecule has 1 atom stereocenters. The number of aliphatic imine (C=N–C) groups is 1. The molecule has 1 aliphatic heterocycles. The van der Waals surface area contributed by atoms with Gasteiger partial charge >= 0.3 is 0 Å². The van der Waals surface area contributed by atoms with Crippen molar-refractivity contribution >= 4 is 5.84 Å². The minimum atomic E-state index is -0.431. The lowest BCUT2D eigenvalue weighted by Crippen LogP contribution is -2.62. The van der Waals surface area contributed by atoms with Gasteiger partial charge in [-0.25, -0.2) is 4.99 Å². The molecule has 0 radical (unpaired) electrons. The van der Waals surface area contributed by atoms with Crippen LogP contribution in [0.15, 0.2) is 16.8 Å². The summed E-state index contributed by atoms with van der Waals surface area (Å²) in [5, 5.41) is 3.28. The van der Waals surface area contributed by atoms with E-state index < -0.39 is 5.66 Å². The summed E-state index contributed by atoms with van der Waals surface area (Å²) in [5.74, 6) is 1.67. The van der Waals surface area contributed by atoms with Gasteiger partial charge in [0.05, 0.1) is 5.84 Å². The van der Waals surface area contributed by atoms with Crippen LogP contribution in [-0.4, -0.2) is 11.5 Å². The number of nitrogens with one attached hydrogen (secondary N) is 1. The SMILES string of the molecule is CC1=NC=C(C(C)C)C(N)(C(C)C)N1. The Hall–Kier alpha value is -0.830. The summed E-state index contributed by atoms with van der Waals surface area (Å²) < 4.78 is 0. The van der Waals surface area contributed by atoms with Crippen LogP contribution in [0.5, 0.6) is 0 Å². The van der Waals surface area contributed by atoms with Gasteiger partial charge in [0.1, 0.15) is 5.66 Å². The number of hydrogen-bond acceptors (Lipinski definition) is 3. The normalized spacial score (nSPS) is 27.4. The first-order chi connectivity index (χ1) is 6.38. The lowest BCUT2D eigenvalue weighted by molar-refractivity contribution is 0.309. The van der Waals surface area contributed by atoms with Gasteiger partial charge in [-0.2, -0.15) is 0 Å². The molecule has 14 heavy (non-hydrogen) atoms. The van der Waals surface area contributed by atoms with E-state index in [-0.39, 0.29) is 0 Å². The number of nitrogens with zero attached hydrogens (tertiary/aromatic N) is 1. The lowest BCUT2D eigenvalue weighted by atomic mass is 9.82. The monoisotopic (exact) mass is 195 g/mol. The number of hydrogen-bond donors (Lipinski definition) is 2. The molecule has 3 heteroatoms. The van der Waals surface area contributed by atoms with E-state index in [0.29, 0.717) is 11.8 Å². The Labute approximate surface area is 86.5 Å². The van der Waals surface area contributed by atoms with Crippen LogP contribution in [0.3, 0.4) is 0 Å². The second-order valence-corrected chi connectivity index (χ2v) is 4.60. The Balaban J connectivity index is 3.08. The smallest absolute Gasteiger partial charge is 0.113 e. The van der Waals surface area contributed by atoms with E-state index in [2.05, 4.69) is 38.0 Å². The molecular weight excluding hydrogens is 174 g/mol. The molecule has 0 fully saturated rings. The fraction of sp³-hybridized carbons (Fsp3) is 0.727. The van der Waals surface area contributed by atoms with Gasteiger partial charge in [0, 0.05) is 6.20 Å². The average molecular weight is 195 g/mol. The first kappa shape index (κ1) is 11.2. The molecule has 80 valence electrons. The highest BCUT2D eigenvalue weighted by atomic mass is 15.2. The highest BCUT2D eigenvalue weighted by molar-refractivity contribution is 5.82. The zero-order chi connectivity index (χ0) is 10.9. The first-order valence-corrected chi connectivity index (χ1v) is 5.20. The Morgan fingerprint density at radius 2 is 1.93 bits per heavy atom. The van der Waals surface area contributed by atoms with Crippen LogP contribution in [0.2, 0.25) is 0 Å². The van der Waals surface area contributed by atoms with Crippen LogP contribution in [0.25, 0.3) is 0 Å². The fourth-order valence-electron chi connectivity index (χ4n) is 1.78. The van der Waals surface area contributed by atoms with Crippen LogP contribution in [0.1, 0.15) is 34.6 Å². The van der Waals surface area contributed by atoms with Gasteiger partial charge in [0.2, 0.25) is 0 Å². The van der Waals surface area contributed by atoms with Gasteiger partial charge in [-0.3, -0.25) is 0 Å². The highest BCUT2D eigenvalue weighted by Crippen LogP contribution is 2.28. The zero-order valence-electron chi connectivity index (χ0n) is 9.76. The third-order valence-corrected chi connectivity index (χ3v) is 2.80. The van der Waals surface area contributed by atoms with Crippen molar-refractivity contribution in [3.8, 4) is 0 Å². The van der Waals surface area contributed by atoms with Gasteiger partial charge in [0.25, 0.3) is 0 Å². The Morgan fingerprint density at radius 1 is 1.36 bits per heavy atom. The molecule has 1 heterocycles. The van der Waals surface area contributed by atoms with Gasteiger partial charge in [-0.15, -0.1) is 0 Å². The van der Waals surface area contributed by atoms with E-state index >= 15 is 0 Å². The minimum Gasteiger partial charge on any atom is -0.352 e. The van der Waals surface area contributed by atoms with E-state index in [1.807, 2.05) is 13.1 Å². The molecule has 0 bridgehead atoms. The minimum absolute atomic E-state index is 0.349. The Morgan fingerprint density at radius 3 is 2.36 bits per heavy atom. The summed E-state index contributed by atoms with van der Waals surface area (Å²) in [7, 11) is 0. The second kappa shape index (κ2) is 3.73. The van der Waals surface area contributed by atoms with Gasteiger partial charge in [-0.05, 0) is 24.3 Å². The maximum absolute atomic E-state index is 6.38. The van der Waals surface area contributed by atoms with Crippen LogP contribution in [0, 0.1) is 11.8 Å². The quantitative estimate of drug-likeness (QED) is 0.706. The van der Waals surface area contributed by atoms with Gasteiger partial charge in [-0.1, -0.05) is 27.7 Å². The maximum atomic E-state index is 6.38. The molecule has 0 aromatic carbocycles. The lowest BCUT2D eigenvalue weighted by Gasteiger charge is -2.41. The van der Waals surface area contributed by atoms with E-state index in [4.69, 9.17) is 5.73 Å². The maximum Gasteiger partial charge on any atom is 0.113 e. The van der Waals surface area contributed by atoms with Crippen LogP contribution in [-0.2, 0) is 0 Å². The Kier molecular flexibility index (Phi) is 3.00. The van der Waals surface area contributed by atoms with Crippen molar-refractivity contribution in [3.63, 3.8) is 0 Å². The first-order valence-electron chi connectivity index (χ1n) is 5.20. The van der Waals surface area contributed by atoms with E-state index in [1.165, 1.54) is 5.57 Å². The molecule has 3 nitrogen and oxygen atoms in total. The third kappa shape index (κ3) is 1.82. The largest absolute Gasteiger partial charge is 0.352 e. The van der Waals surface area contributed by atoms with Crippen molar-refractivity contribution in [3.05, 3.63) is 11.8 Å². The van der Waals surface area contributed by atoms with Crippen molar-refractivity contribution in [2.75, 3.05) is 0 Å². The topological polar surface area (TPSA) is 50.4 Å². The van der Waals surface area contributed by atoms with Gasteiger partial charge in [0.15, 0.2) is 0 Å². The summed E-state index contributed by atoms with van der Waals surface area (Å²) in [6.07, 6.45) is 1.91. The van der Waals surface area contributed by atoms with Crippen LogP contribution >= 0.6 is 0 Å². The van der Waals surface area contributed by atoms with Crippen molar-refractivity contribution in [1.29, 1.82) is 0 Å². The fourth-order valence-corrected chi connectivity index (χ4v) is 1.78. The van der Waals surface area contributed by atoms with E-state index in [1.54, 1.807) is 0 Å². The summed E-state index contributed by atoms with van der Waals surface area (Å²) in [5.41, 5.74) is 7.13. The molecule has 0 aliphatic carbocycles. The van der Waals surface area contributed by atoms with Crippen molar-refractivity contribution in [2.45, 2.75) is 40.3 Å². The summed E-state index contributed by atoms with van der Waals surface area (Å²) in [4.78, 5) is 4.27. The summed E-state index contributed by atoms with van der Waals surface area (Å²) in [6.45, 7) is 10.5. The molecule has 3 N–H and O–H groups in total. The van der Waals surface area contributed by atoms with Gasteiger partial charge < -0.3 is 11.1 Å². The predicted octanol–water partition coefficient (Wildman–Crippen LogP) is 1.86. The predicted molar refractivity (Wildman–Crippen MR) is 60.9 cm³/mol. The molecule has 0 aromatic rings. The van der Waals surface area contributed by atoms with E-state index in [9.17, 15) is 0 Å². The molecule has 1 rings (SSSR count). The van der Waals surface area contributed by atoms with Crippen LogP contribution < -0.4 is 11.1 Å². The molecule has 0 saturated carbocycles. The standard InChI is InChI=1S/C11H21N3/c1-7(2)10-6-13-9(5)14-11(10,12)8(3)4/h6-8H,12H2,1-5H3,(H,13,14). The molecule has 0 amide bonds. The third-order valence-electron chi connectivity index (χ3n) is 2.80. The second-order valence-electron chi connectivity index (χ2n) is 4.60. The van der Waals surface area contributed by atoms with Crippen molar-refractivity contribution in [2.24, 2.45) is 22.6 Å². The Bertz CT molecular complexity index is 276. The van der Waals surface area contributed by atoms with Crippen molar-refractivity contribution in [1.82, 2.24) is 5.32 Å². The summed E-state index contributed by atoms with van der Waals surface area (Å²) in [6, 6.07) is 0. The molecular formula is C11H21N3. The molecule has 0 spiro atoms. The highest BCUT2D eigenvalue weighted by Gasteiger charge is 2.36.